The van der Waals surface area contributed by atoms with Gasteiger partial charge in [-0.25, -0.2) is 0 Å². The third kappa shape index (κ3) is 4.41. The highest BCUT2D eigenvalue weighted by Crippen LogP contribution is 2.58. The molecular formula is C28H45NO6Si. The fraction of sp³-hybridized carbons (Fsp3) is 0.786. The van der Waals surface area contributed by atoms with Crippen LogP contribution in [0.4, 0.5) is 0 Å². The molecule has 1 saturated carbocycles. The standard InChI is InChI=1S/C28H45NO6Si/c1-27(2,3)36(28(4,5)6)34-23-16-22(20-15-11-10-14-19(20)18-12-8-7-9-13-18)32-29-24(23)26(35-36)25(33-29)21(31)17-30/h7-9,12-13,19-26,30-31H,10-11,14-17H2,1-6H3/t19-,20+,21+,22-,23+,24-,25-,26-/m1/s1. The van der Waals surface area contributed by atoms with Crippen molar-refractivity contribution in [2.24, 2.45) is 5.92 Å². The average molecular weight is 520 g/mol. The highest BCUT2D eigenvalue weighted by atomic mass is 28.4. The van der Waals surface area contributed by atoms with Crippen molar-refractivity contribution < 1.29 is 28.7 Å². The first-order valence-electron chi connectivity index (χ1n) is 13.8. The van der Waals surface area contributed by atoms with Gasteiger partial charge in [-0.3, -0.25) is 9.68 Å². The van der Waals surface area contributed by atoms with Crippen LogP contribution in [0, 0.1) is 5.92 Å². The topological polar surface area (TPSA) is 80.6 Å². The Morgan fingerprint density at radius 1 is 0.944 bits per heavy atom. The molecule has 3 heterocycles. The molecule has 1 aliphatic carbocycles. The van der Waals surface area contributed by atoms with Gasteiger partial charge in [-0.2, -0.15) is 0 Å². The maximum atomic E-state index is 10.7. The molecule has 5 rings (SSSR count). The zero-order valence-electron chi connectivity index (χ0n) is 22.7. The monoisotopic (exact) mass is 519 g/mol. The minimum Gasteiger partial charge on any atom is -0.394 e. The van der Waals surface area contributed by atoms with Gasteiger partial charge in [0.1, 0.15) is 24.4 Å². The number of aliphatic hydroxyl groups excluding tert-OH is 2. The molecule has 7 nitrogen and oxygen atoms in total. The molecule has 0 bridgehead atoms. The number of nitrogens with zero attached hydrogens (tertiary/aromatic N) is 1. The maximum absolute atomic E-state index is 10.7. The van der Waals surface area contributed by atoms with Crippen LogP contribution in [-0.2, 0) is 18.5 Å². The van der Waals surface area contributed by atoms with Gasteiger partial charge in [-0.05, 0) is 30.2 Å². The SMILES string of the molecule is CC(C)(C)[Si]1(C(C)(C)C)O[C@H]2[C@@H]([C@@H](O)CO)ON3O[C@@H]([C@H]4CCCC[C@@H]4c4ccccc4)C[C@H](O1)[C@H]23. The van der Waals surface area contributed by atoms with Gasteiger partial charge in [-0.15, -0.1) is 0 Å². The summed E-state index contributed by atoms with van der Waals surface area (Å²) in [7, 11) is -2.87. The average Bonchev–Trinajstić information content (AvgIpc) is 3.22. The van der Waals surface area contributed by atoms with E-state index in [1.54, 1.807) is 5.23 Å². The van der Waals surface area contributed by atoms with Crippen LogP contribution in [0.15, 0.2) is 30.3 Å². The van der Waals surface area contributed by atoms with E-state index >= 15 is 0 Å². The summed E-state index contributed by atoms with van der Waals surface area (Å²) in [6.07, 6.45) is 3.13. The molecule has 1 aromatic carbocycles. The quantitative estimate of drug-likeness (QED) is 0.552. The van der Waals surface area contributed by atoms with Crippen molar-refractivity contribution in [1.82, 2.24) is 5.23 Å². The molecule has 1 aromatic rings. The third-order valence-corrected chi connectivity index (χ3v) is 14.1. The van der Waals surface area contributed by atoms with Crippen molar-refractivity contribution in [3.8, 4) is 0 Å². The summed E-state index contributed by atoms with van der Waals surface area (Å²) in [6.45, 7) is 12.9. The van der Waals surface area contributed by atoms with Gasteiger partial charge in [-0.1, -0.05) is 89.9 Å². The smallest absolute Gasteiger partial charge is 0.350 e. The van der Waals surface area contributed by atoms with Gasteiger partial charge in [0.15, 0.2) is 0 Å². The van der Waals surface area contributed by atoms with Crippen molar-refractivity contribution in [1.29, 1.82) is 0 Å². The van der Waals surface area contributed by atoms with Crippen LogP contribution < -0.4 is 0 Å². The Balaban J connectivity index is 1.51. The Morgan fingerprint density at radius 2 is 1.61 bits per heavy atom. The van der Waals surface area contributed by atoms with Gasteiger partial charge in [0.2, 0.25) is 0 Å². The number of benzene rings is 1. The molecule has 2 N–H and O–H groups in total. The van der Waals surface area contributed by atoms with Crippen LogP contribution in [0.25, 0.3) is 0 Å². The van der Waals surface area contributed by atoms with E-state index in [4.69, 9.17) is 18.5 Å². The Hall–Kier alpha value is -0.843. The van der Waals surface area contributed by atoms with Crippen LogP contribution in [0.3, 0.4) is 0 Å². The number of aliphatic hydroxyl groups is 2. The number of hydrogen-bond donors (Lipinski definition) is 2. The molecule has 8 heteroatoms. The summed E-state index contributed by atoms with van der Waals surface area (Å²) in [5.41, 5.74) is 1.38. The summed E-state index contributed by atoms with van der Waals surface area (Å²) in [5.74, 6) is 0.795. The van der Waals surface area contributed by atoms with Gasteiger partial charge in [0, 0.05) is 16.5 Å². The molecule has 0 unspecified atom stereocenters. The largest absolute Gasteiger partial charge is 0.394 e. The molecule has 3 aliphatic heterocycles. The van der Waals surface area contributed by atoms with E-state index in [0.29, 0.717) is 11.8 Å². The van der Waals surface area contributed by atoms with Crippen LogP contribution >= 0.6 is 0 Å². The van der Waals surface area contributed by atoms with Crippen molar-refractivity contribution in [3.05, 3.63) is 35.9 Å². The van der Waals surface area contributed by atoms with Gasteiger partial charge in [0.25, 0.3) is 0 Å². The zero-order valence-corrected chi connectivity index (χ0v) is 23.7. The molecule has 0 radical (unpaired) electrons. The summed E-state index contributed by atoms with van der Waals surface area (Å²) in [4.78, 5) is 12.8. The highest BCUT2D eigenvalue weighted by Gasteiger charge is 2.69. The van der Waals surface area contributed by atoms with Gasteiger partial charge in [0.05, 0.1) is 18.8 Å². The van der Waals surface area contributed by atoms with Crippen molar-refractivity contribution >= 4 is 8.56 Å². The molecule has 8 atom stereocenters. The number of hydrogen-bond acceptors (Lipinski definition) is 7. The van der Waals surface area contributed by atoms with E-state index in [1.807, 2.05) is 0 Å². The molecule has 36 heavy (non-hydrogen) atoms. The van der Waals surface area contributed by atoms with Gasteiger partial charge >= 0.3 is 8.56 Å². The predicted molar refractivity (Wildman–Crippen MR) is 139 cm³/mol. The second kappa shape index (κ2) is 9.72. The van der Waals surface area contributed by atoms with Crippen LogP contribution in [0.1, 0.15) is 85.1 Å². The zero-order chi connectivity index (χ0) is 25.9. The Morgan fingerprint density at radius 3 is 2.25 bits per heavy atom. The third-order valence-electron chi connectivity index (χ3n) is 8.90. The lowest BCUT2D eigenvalue weighted by molar-refractivity contribution is -0.422. The van der Waals surface area contributed by atoms with E-state index in [0.717, 1.165) is 19.3 Å². The molecule has 202 valence electrons. The van der Waals surface area contributed by atoms with Crippen molar-refractivity contribution in [3.63, 3.8) is 0 Å². The molecule has 0 amide bonds. The first kappa shape index (κ1) is 26.8. The van der Waals surface area contributed by atoms with Crippen molar-refractivity contribution in [2.75, 3.05) is 6.61 Å². The summed E-state index contributed by atoms with van der Waals surface area (Å²) in [6, 6.07) is 10.5. The minimum absolute atomic E-state index is 0.0489. The maximum Gasteiger partial charge on any atom is 0.350 e. The second-order valence-corrected chi connectivity index (χ2v) is 18.0. The van der Waals surface area contributed by atoms with E-state index in [1.165, 1.54) is 18.4 Å². The lowest BCUT2D eigenvalue weighted by atomic mass is 9.71. The number of hydroxylamine groups is 2. The van der Waals surface area contributed by atoms with E-state index in [9.17, 15) is 10.2 Å². The van der Waals surface area contributed by atoms with Crippen LogP contribution in [0.2, 0.25) is 10.1 Å². The first-order chi connectivity index (χ1) is 17.0. The fourth-order valence-electron chi connectivity index (χ4n) is 7.44. The van der Waals surface area contributed by atoms with E-state index in [-0.39, 0.29) is 28.3 Å². The molecular weight excluding hydrogens is 474 g/mol. The predicted octanol–water partition coefficient (Wildman–Crippen LogP) is 4.83. The summed E-state index contributed by atoms with van der Waals surface area (Å²) < 4.78 is 14.2. The Bertz CT molecular complexity index is 888. The molecule has 4 fully saturated rings. The lowest BCUT2D eigenvalue weighted by Crippen LogP contribution is -2.71. The lowest BCUT2D eigenvalue weighted by Gasteiger charge is -2.58. The fourth-order valence-corrected chi connectivity index (χ4v) is 12.5. The second-order valence-electron chi connectivity index (χ2n) is 13.3. The molecule has 4 aliphatic rings. The molecule has 0 aromatic heterocycles. The van der Waals surface area contributed by atoms with Crippen LogP contribution in [-0.4, -0.2) is 67.2 Å². The Kier molecular flexibility index (Phi) is 7.22. The Labute approximate surface area is 217 Å². The molecule has 3 saturated heterocycles. The normalized spacial score (nSPS) is 37.9. The first-order valence-corrected chi connectivity index (χ1v) is 15.6. The minimum atomic E-state index is -2.87. The van der Waals surface area contributed by atoms with E-state index in [2.05, 4.69) is 71.9 Å². The van der Waals surface area contributed by atoms with Crippen LogP contribution in [0.5, 0.6) is 0 Å². The highest BCUT2D eigenvalue weighted by molar-refractivity contribution is 6.73. The van der Waals surface area contributed by atoms with Crippen molar-refractivity contribution in [2.45, 2.75) is 126 Å². The summed E-state index contributed by atoms with van der Waals surface area (Å²) >= 11 is 0. The van der Waals surface area contributed by atoms with Gasteiger partial charge < -0.3 is 19.1 Å². The molecule has 0 spiro atoms. The van der Waals surface area contributed by atoms with E-state index < -0.39 is 33.5 Å². The summed E-state index contributed by atoms with van der Waals surface area (Å²) in [5, 5.41) is 21.7. The number of rotatable bonds is 4.